The Labute approximate surface area is 118 Å². The quantitative estimate of drug-likeness (QED) is 0.903. The van der Waals surface area contributed by atoms with Crippen molar-refractivity contribution >= 4 is 17.3 Å². The van der Waals surface area contributed by atoms with Crippen molar-refractivity contribution in [3.05, 3.63) is 53.3 Å². The second-order valence-electron chi connectivity index (χ2n) is 4.44. The van der Waals surface area contributed by atoms with E-state index in [1.807, 2.05) is 0 Å². The molecule has 0 aliphatic rings. The van der Waals surface area contributed by atoms with Gasteiger partial charge in [-0.3, -0.25) is 4.98 Å². The molecule has 0 radical (unpaired) electrons. The number of halogens is 3. The molecule has 0 fully saturated rings. The molecule has 4 nitrogen and oxygen atoms in total. The number of aromatic nitrogens is 1. The molecule has 0 unspecified atom stereocenters. The van der Waals surface area contributed by atoms with Crippen LogP contribution in [0, 0.1) is 6.92 Å². The zero-order valence-electron chi connectivity index (χ0n) is 10.9. The van der Waals surface area contributed by atoms with Crippen LogP contribution in [0.25, 0.3) is 0 Å². The highest BCUT2D eigenvalue weighted by Gasteiger charge is 2.31. The SMILES string of the molecule is Cc1cncc(Nc2ccc(C(F)(F)F)cc2C(=O)O)c1. The van der Waals surface area contributed by atoms with Crippen molar-refractivity contribution in [1.29, 1.82) is 0 Å². The molecular formula is C14H11F3N2O2. The van der Waals surface area contributed by atoms with Crippen LogP contribution in [0.15, 0.2) is 36.7 Å². The molecule has 21 heavy (non-hydrogen) atoms. The van der Waals surface area contributed by atoms with Crippen molar-refractivity contribution < 1.29 is 23.1 Å². The van der Waals surface area contributed by atoms with Gasteiger partial charge in [-0.15, -0.1) is 0 Å². The minimum Gasteiger partial charge on any atom is -0.478 e. The average molecular weight is 296 g/mol. The van der Waals surface area contributed by atoms with E-state index in [4.69, 9.17) is 5.11 Å². The molecule has 0 aliphatic carbocycles. The van der Waals surface area contributed by atoms with E-state index in [-0.39, 0.29) is 5.69 Å². The summed E-state index contributed by atoms with van der Waals surface area (Å²) in [5.74, 6) is -1.44. The van der Waals surface area contributed by atoms with E-state index in [9.17, 15) is 18.0 Å². The smallest absolute Gasteiger partial charge is 0.416 e. The van der Waals surface area contributed by atoms with Gasteiger partial charge in [0, 0.05) is 6.20 Å². The lowest BCUT2D eigenvalue weighted by Crippen LogP contribution is -2.09. The minimum atomic E-state index is -4.59. The van der Waals surface area contributed by atoms with Gasteiger partial charge in [0.2, 0.25) is 0 Å². The predicted octanol–water partition coefficient (Wildman–Crippen LogP) is 3.85. The molecule has 2 rings (SSSR count). The summed E-state index contributed by atoms with van der Waals surface area (Å²) in [6.07, 6.45) is -1.53. The van der Waals surface area contributed by atoms with Crippen molar-refractivity contribution in [1.82, 2.24) is 4.98 Å². The van der Waals surface area contributed by atoms with E-state index in [1.54, 1.807) is 19.2 Å². The maximum absolute atomic E-state index is 12.6. The minimum absolute atomic E-state index is 0.0721. The maximum atomic E-state index is 12.6. The number of hydrogen-bond acceptors (Lipinski definition) is 3. The molecule has 0 amide bonds. The Morgan fingerprint density at radius 1 is 1.24 bits per heavy atom. The number of benzene rings is 1. The van der Waals surface area contributed by atoms with Gasteiger partial charge in [0.05, 0.1) is 28.7 Å². The molecule has 2 N–H and O–H groups in total. The van der Waals surface area contributed by atoms with Gasteiger partial charge >= 0.3 is 12.1 Å². The number of carbonyl (C=O) groups is 1. The largest absolute Gasteiger partial charge is 0.478 e. The molecule has 0 saturated heterocycles. The lowest BCUT2D eigenvalue weighted by atomic mass is 10.1. The molecule has 1 aromatic heterocycles. The van der Waals surface area contributed by atoms with E-state index >= 15 is 0 Å². The monoisotopic (exact) mass is 296 g/mol. The highest BCUT2D eigenvalue weighted by atomic mass is 19.4. The number of nitrogens with zero attached hydrogens (tertiary/aromatic N) is 1. The number of anilines is 2. The van der Waals surface area contributed by atoms with Gasteiger partial charge in [-0.2, -0.15) is 13.2 Å². The van der Waals surface area contributed by atoms with Gasteiger partial charge in [-0.25, -0.2) is 4.79 Å². The van der Waals surface area contributed by atoms with E-state index in [1.165, 1.54) is 6.20 Å². The van der Waals surface area contributed by atoms with E-state index in [0.717, 1.165) is 17.7 Å². The standard InChI is InChI=1S/C14H11F3N2O2/c1-8-4-10(7-18-6-8)19-12-3-2-9(14(15,16)17)5-11(12)13(20)21/h2-7,19H,1H3,(H,20,21). The molecule has 0 bridgehead atoms. The van der Waals surface area contributed by atoms with Gasteiger partial charge in [0.25, 0.3) is 0 Å². The Balaban J connectivity index is 2.42. The fraction of sp³-hybridized carbons (Fsp3) is 0.143. The van der Waals surface area contributed by atoms with Crippen molar-refractivity contribution in [2.45, 2.75) is 13.1 Å². The van der Waals surface area contributed by atoms with Crippen LogP contribution in [0.2, 0.25) is 0 Å². The van der Waals surface area contributed by atoms with Gasteiger partial charge < -0.3 is 10.4 Å². The van der Waals surface area contributed by atoms with Crippen molar-refractivity contribution in [3.8, 4) is 0 Å². The van der Waals surface area contributed by atoms with Crippen LogP contribution in [0.1, 0.15) is 21.5 Å². The number of hydrogen-bond donors (Lipinski definition) is 2. The normalized spacial score (nSPS) is 11.2. The van der Waals surface area contributed by atoms with E-state index in [2.05, 4.69) is 10.3 Å². The number of alkyl halides is 3. The Morgan fingerprint density at radius 2 is 1.95 bits per heavy atom. The second kappa shape index (κ2) is 5.43. The summed E-state index contributed by atoms with van der Waals surface area (Å²) in [7, 11) is 0. The number of nitrogens with one attached hydrogen (secondary N) is 1. The molecule has 1 heterocycles. The Morgan fingerprint density at radius 3 is 2.52 bits per heavy atom. The van der Waals surface area contributed by atoms with Crippen molar-refractivity contribution in [3.63, 3.8) is 0 Å². The van der Waals surface area contributed by atoms with Crippen LogP contribution in [-0.4, -0.2) is 16.1 Å². The Bertz CT molecular complexity index is 684. The molecule has 7 heteroatoms. The van der Waals surface area contributed by atoms with Crippen LogP contribution in [0.5, 0.6) is 0 Å². The Hall–Kier alpha value is -2.57. The number of pyridine rings is 1. The average Bonchev–Trinajstić information content (AvgIpc) is 2.37. The number of aromatic carboxylic acids is 1. The fourth-order valence-electron chi connectivity index (χ4n) is 1.79. The molecule has 110 valence electrons. The van der Waals surface area contributed by atoms with Gasteiger partial charge in [-0.1, -0.05) is 0 Å². The molecule has 0 spiro atoms. The molecular weight excluding hydrogens is 285 g/mol. The van der Waals surface area contributed by atoms with Crippen LogP contribution in [-0.2, 0) is 6.18 Å². The zero-order chi connectivity index (χ0) is 15.6. The highest BCUT2D eigenvalue weighted by Crippen LogP contribution is 2.32. The first-order chi connectivity index (χ1) is 9.77. The summed E-state index contributed by atoms with van der Waals surface area (Å²) >= 11 is 0. The third-order valence-corrected chi connectivity index (χ3v) is 2.73. The molecule has 0 aliphatic heterocycles. The predicted molar refractivity (Wildman–Crippen MR) is 70.7 cm³/mol. The lowest BCUT2D eigenvalue weighted by Gasteiger charge is -2.13. The summed E-state index contributed by atoms with van der Waals surface area (Å²) in [6, 6.07) is 4.23. The summed E-state index contributed by atoms with van der Waals surface area (Å²) in [4.78, 5) is 15.1. The third kappa shape index (κ3) is 3.50. The number of carboxylic acids is 1. The van der Waals surface area contributed by atoms with Crippen molar-refractivity contribution in [2.75, 3.05) is 5.32 Å². The summed E-state index contributed by atoms with van der Waals surface area (Å²) < 4.78 is 37.9. The first-order valence-electron chi connectivity index (χ1n) is 5.90. The molecule has 2 aromatic rings. The number of aryl methyl sites for hydroxylation is 1. The summed E-state index contributed by atoms with van der Waals surface area (Å²) in [6.45, 7) is 1.79. The van der Waals surface area contributed by atoms with E-state index in [0.29, 0.717) is 11.8 Å². The van der Waals surface area contributed by atoms with Crippen LogP contribution >= 0.6 is 0 Å². The van der Waals surface area contributed by atoms with Crippen LogP contribution in [0.3, 0.4) is 0 Å². The van der Waals surface area contributed by atoms with Gasteiger partial charge in [0.1, 0.15) is 0 Å². The second-order valence-corrected chi connectivity index (χ2v) is 4.44. The van der Waals surface area contributed by atoms with E-state index < -0.39 is 23.3 Å². The van der Waals surface area contributed by atoms with Crippen molar-refractivity contribution in [2.24, 2.45) is 0 Å². The zero-order valence-corrected chi connectivity index (χ0v) is 10.9. The topological polar surface area (TPSA) is 62.2 Å². The first kappa shape index (κ1) is 14.8. The third-order valence-electron chi connectivity index (χ3n) is 2.73. The summed E-state index contributed by atoms with van der Waals surface area (Å²) in [5, 5.41) is 11.8. The maximum Gasteiger partial charge on any atom is 0.416 e. The fourth-order valence-corrected chi connectivity index (χ4v) is 1.79. The Kier molecular flexibility index (Phi) is 3.84. The molecule has 0 saturated carbocycles. The number of carboxylic acid groups (broad SMARTS) is 1. The van der Waals surface area contributed by atoms with Gasteiger partial charge in [0.15, 0.2) is 0 Å². The molecule has 1 aromatic carbocycles. The molecule has 0 atom stereocenters. The summed E-state index contributed by atoms with van der Waals surface area (Å²) in [5.41, 5.74) is -0.0527. The van der Waals surface area contributed by atoms with Crippen LogP contribution in [0.4, 0.5) is 24.5 Å². The first-order valence-corrected chi connectivity index (χ1v) is 5.90. The lowest BCUT2D eigenvalue weighted by molar-refractivity contribution is -0.137. The number of rotatable bonds is 3. The van der Waals surface area contributed by atoms with Crippen LogP contribution < -0.4 is 5.32 Å². The van der Waals surface area contributed by atoms with Gasteiger partial charge in [-0.05, 0) is 36.8 Å². The highest BCUT2D eigenvalue weighted by molar-refractivity contribution is 5.95.